The maximum Gasteiger partial charge on any atom is 0.0791 e. The van der Waals surface area contributed by atoms with Crippen LogP contribution in [0.5, 0.6) is 0 Å². The summed E-state index contributed by atoms with van der Waals surface area (Å²) in [6, 6.07) is 0.555. The number of methoxy groups -OCH3 is 1. The van der Waals surface area contributed by atoms with E-state index in [0.29, 0.717) is 12.6 Å². The summed E-state index contributed by atoms with van der Waals surface area (Å²) >= 11 is 0. The van der Waals surface area contributed by atoms with Crippen LogP contribution in [-0.2, 0) is 4.74 Å². The standard InChI is InChI=1S/C15H32N2O2/c1-12(13-6-7-13)17(8-9-19-5)11-14(18)10-16-15(2,3)4/h12-14,16,18H,6-11H2,1-5H3. The van der Waals surface area contributed by atoms with Gasteiger partial charge in [0.25, 0.3) is 0 Å². The quantitative estimate of drug-likeness (QED) is 0.667. The van der Waals surface area contributed by atoms with Gasteiger partial charge in [0.05, 0.1) is 12.7 Å². The van der Waals surface area contributed by atoms with Crippen LogP contribution in [-0.4, -0.2) is 61.0 Å². The van der Waals surface area contributed by atoms with E-state index in [2.05, 4.69) is 37.9 Å². The van der Waals surface area contributed by atoms with Crippen molar-refractivity contribution in [1.29, 1.82) is 0 Å². The Bertz CT molecular complexity index is 249. The Morgan fingerprint density at radius 2 is 2.00 bits per heavy atom. The van der Waals surface area contributed by atoms with Crippen LogP contribution < -0.4 is 5.32 Å². The van der Waals surface area contributed by atoms with Crippen LogP contribution in [0.2, 0.25) is 0 Å². The summed E-state index contributed by atoms with van der Waals surface area (Å²) in [7, 11) is 1.73. The minimum absolute atomic E-state index is 0.0560. The molecule has 1 aliphatic rings. The zero-order valence-corrected chi connectivity index (χ0v) is 13.3. The second-order valence-corrected chi connectivity index (χ2v) is 6.85. The number of nitrogens with zero attached hydrogens (tertiary/aromatic N) is 1. The molecular formula is C15H32N2O2. The summed E-state index contributed by atoms with van der Waals surface area (Å²) in [5, 5.41) is 13.5. The van der Waals surface area contributed by atoms with E-state index in [1.165, 1.54) is 12.8 Å². The minimum atomic E-state index is -0.322. The van der Waals surface area contributed by atoms with Crippen molar-refractivity contribution in [2.75, 3.05) is 33.4 Å². The third-order valence-electron chi connectivity index (χ3n) is 3.78. The molecule has 2 unspecified atom stereocenters. The number of nitrogens with one attached hydrogen (secondary N) is 1. The molecule has 4 nitrogen and oxygen atoms in total. The molecule has 2 N–H and O–H groups in total. The van der Waals surface area contributed by atoms with Gasteiger partial charge in [0, 0.05) is 38.3 Å². The lowest BCUT2D eigenvalue weighted by molar-refractivity contribution is 0.0595. The Kier molecular flexibility index (Phi) is 6.74. The summed E-state index contributed by atoms with van der Waals surface area (Å²) in [5.74, 6) is 0.819. The van der Waals surface area contributed by atoms with Crippen molar-refractivity contribution in [2.45, 2.75) is 58.2 Å². The van der Waals surface area contributed by atoms with Gasteiger partial charge in [-0.15, -0.1) is 0 Å². The van der Waals surface area contributed by atoms with Crippen molar-refractivity contribution in [1.82, 2.24) is 10.2 Å². The molecule has 1 fully saturated rings. The molecule has 2 atom stereocenters. The summed E-state index contributed by atoms with van der Waals surface area (Å²) in [6.07, 6.45) is 2.35. The van der Waals surface area contributed by atoms with Gasteiger partial charge in [-0.05, 0) is 46.5 Å². The van der Waals surface area contributed by atoms with Gasteiger partial charge in [0.1, 0.15) is 0 Å². The molecule has 4 heteroatoms. The zero-order chi connectivity index (χ0) is 14.5. The van der Waals surface area contributed by atoms with Crippen LogP contribution in [0.1, 0.15) is 40.5 Å². The lowest BCUT2D eigenvalue weighted by Crippen LogP contribution is -2.47. The third-order valence-corrected chi connectivity index (χ3v) is 3.78. The number of aliphatic hydroxyl groups excluding tert-OH is 1. The Balaban J connectivity index is 2.37. The largest absolute Gasteiger partial charge is 0.390 e. The molecule has 0 aromatic heterocycles. The highest BCUT2D eigenvalue weighted by molar-refractivity contribution is 4.86. The minimum Gasteiger partial charge on any atom is -0.390 e. The normalized spacial score (nSPS) is 19.7. The van der Waals surface area contributed by atoms with Crippen molar-refractivity contribution in [3.8, 4) is 0 Å². The number of rotatable bonds is 9. The molecular weight excluding hydrogens is 240 g/mol. The molecule has 0 amide bonds. The molecule has 0 spiro atoms. The first-order chi connectivity index (χ1) is 8.83. The van der Waals surface area contributed by atoms with E-state index in [0.717, 1.165) is 25.6 Å². The number of ether oxygens (including phenoxy) is 1. The number of hydrogen-bond donors (Lipinski definition) is 2. The van der Waals surface area contributed by atoms with Crippen molar-refractivity contribution in [2.24, 2.45) is 5.92 Å². The smallest absolute Gasteiger partial charge is 0.0791 e. The second-order valence-electron chi connectivity index (χ2n) is 6.85. The lowest BCUT2D eigenvalue weighted by Gasteiger charge is -2.32. The van der Waals surface area contributed by atoms with E-state index in [9.17, 15) is 5.11 Å². The maximum atomic E-state index is 10.2. The predicted octanol–water partition coefficient (Wildman–Crippen LogP) is 1.48. The van der Waals surface area contributed by atoms with Gasteiger partial charge >= 0.3 is 0 Å². The Morgan fingerprint density at radius 1 is 1.37 bits per heavy atom. The fraction of sp³-hybridized carbons (Fsp3) is 1.00. The van der Waals surface area contributed by atoms with Gasteiger partial charge in [-0.1, -0.05) is 0 Å². The first-order valence-corrected chi connectivity index (χ1v) is 7.49. The molecule has 1 aliphatic carbocycles. The highest BCUT2D eigenvalue weighted by Crippen LogP contribution is 2.35. The molecule has 0 aliphatic heterocycles. The summed E-state index contributed by atoms with van der Waals surface area (Å²) in [4.78, 5) is 2.37. The van der Waals surface area contributed by atoms with E-state index >= 15 is 0 Å². The van der Waals surface area contributed by atoms with Crippen LogP contribution in [0, 0.1) is 5.92 Å². The third kappa shape index (κ3) is 7.25. The Morgan fingerprint density at radius 3 is 2.47 bits per heavy atom. The summed E-state index contributed by atoms with van der Waals surface area (Å²) in [5.41, 5.74) is 0.0560. The first-order valence-electron chi connectivity index (χ1n) is 7.49. The van der Waals surface area contributed by atoms with E-state index in [1.54, 1.807) is 7.11 Å². The van der Waals surface area contributed by atoms with E-state index in [1.807, 2.05) is 0 Å². The molecule has 0 bridgehead atoms. The van der Waals surface area contributed by atoms with Gasteiger partial charge in [-0.25, -0.2) is 0 Å². The topological polar surface area (TPSA) is 44.7 Å². The maximum absolute atomic E-state index is 10.2. The van der Waals surface area contributed by atoms with Crippen LogP contribution in [0.3, 0.4) is 0 Å². The fourth-order valence-corrected chi connectivity index (χ4v) is 2.31. The van der Waals surface area contributed by atoms with E-state index < -0.39 is 0 Å². The van der Waals surface area contributed by atoms with Crippen LogP contribution in [0.15, 0.2) is 0 Å². The van der Waals surface area contributed by atoms with Crippen LogP contribution in [0.25, 0.3) is 0 Å². The molecule has 0 aromatic rings. The SMILES string of the molecule is COCCN(CC(O)CNC(C)(C)C)C(C)C1CC1. The first kappa shape index (κ1) is 16.9. The highest BCUT2D eigenvalue weighted by atomic mass is 16.5. The molecule has 114 valence electrons. The van der Waals surface area contributed by atoms with Gasteiger partial charge in [0.2, 0.25) is 0 Å². The summed E-state index contributed by atoms with van der Waals surface area (Å²) in [6.45, 7) is 11.6. The molecule has 0 saturated heterocycles. The molecule has 0 heterocycles. The highest BCUT2D eigenvalue weighted by Gasteiger charge is 2.32. The molecule has 0 aromatic carbocycles. The Labute approximate surface area is 118 Å². The molecule has 0 radical (unpaired) electrons. The Hall–Kier alpha value is -0.160. The average Bonchev–Trinajstić information content (AvgIpc) is 3.14. The fourth-order valence-electron chi connectivity index (χ4n) is 2.31. The predicted molar refractivity (Wildman–Crippen MR) is 79.4 cm³/mol. The monoisotopic (exact) mass is 272 g/mol. The number of aliphatic hydroxyl groups is 1. The van der Waals surface area contributed by atoms with Crippen LogP contribution >= 0.6 is 0 Å². The number of β-amino-alcohol motifs (C(OH)–C–C–N with tert-alkyl or cyclic N) is 1. The average molecular weight is 272 g/mol. The van der Waals surface area contributed by atoms with Crippen LogP contribution in [0.4, 0.5) is 0 Å². The van der Waals surface area contributed by atoms with Crippen molar-refractivity contribution in [3.63, 3.8) is 0 Å². The van der Waals surface area contributed by atoms with E-state index in [4.69, 9.17) is 4.74 Å². The van der Waals surface area contributed by atoms with Gasteiger partial charge < -0.3 is 15.2 Å². The molecule has 1 saturated carbocycles. The molecule has 19 heavy (non-hydrogen) atoms. The van der Waals surface area contributed by atoms with Crippen molar-refractivity contribution >= 4 is 0 Å². The number of hydrogen-bond acceptors (Lipinski definition) is 4. The second kappa shape index (κ2) is 7.58. The van der Waals surface area contributed by atoms with Gasteiger partial charge in [-0.2, -0.15) is 0 Å². The summed E-state index contributed by atoms with van der Waals surface area (Å²) < 4.78 is 5.18. The van der Waals surface area contributed by atoms with Crippen molar-refractivity contribution in [3.05, 3.63) is 0 Å². The lowest BCUT2D eigenvalue weighted by atomic mass is 10.1. The van der Waals surface area contributed by atoms with Crippen molar-refractivity contribution < 1.29 is 9.84 Å². The van der Waals surface area contributed by atoms with Gasteiger partial charge in [0.15, 0.2) is 0 Å². The zero-order valence-electron chi connectivity index (χ0n) is 13.3. The van der Waals surface area contributed by atoms with Gasteiger partial charge in [-0.3, -0.25) is 4.90 Å². The molecule has 1 rings (SSSR count). The van der Waals surface area contributed by atoms with E-state index in [-0.39, 0.29) is 11.6 Å².